The number of nitrogens with zero attached hydrogens (tertiary/aromatic N) is 2. The predicted molar refractivity (Wildman–Crippen MR) is 98.3 cm³/mol. The van der Waals surface area contributed by atoms with Crippen molar-refractivity contribution in [3.8, 4) is 0 Å². The molecule has 0 aromatic heterocycles. The maximum absolute atomic E-state index is 14.0. The van der Waals surface area contributed by atoms with Crippen LogP contribution in [0.4, 0.5) is 8.78 Å². The fourth-order valence-corrected chi connectivity index (χ4v) is 5.02. The number of hydrogen-bond acceptors (Lipinski definition) is 3. The summed E-state index contributed by atoms with van der Waals surface area (Å²) < 4.78 is 27.2. The van der Waals surface area contributed by atoms with Crippen molar-refractivity contribution in [2.75, 3.05) is 26.2 Å². The Balaban J connectivity index is 1.44. The lowest BCUT2D eigenvalue weighted by Gasteiger charge is -2.43. The maximum Gasteiger partial charge on any atom is 0.308 e. The molecular formula is C21H26F2N2O3. The highest BCUT2D eigenvalue weighted by atomic mass is 19.1. The molecule has 1 unspecified atom stereocenters. The van der Waals surface area contributed by atoms with E-state index in [0.717, 1.165) is 25.3 Å². The normalized spacial score (nSPS) is 25.1. The summed E-state index contributed by atoms with van der Waals surface area (Å²) in [5.41, 5.74) is -0.0150. The molecule has 2 saturated heterocycles. The fraction of sp³-hybridized carbons (Fsp3) is 0.619. The SMILES string of the molecule is O=C(O)C1CN(Cc2ccc(F)cc2F)CC12CCN(C(=O)C1CCC1)CC2. The van der Waals surface area contributed by atoms with Gasteiger partial charge in [-0.25, -0.2) is 8.78 Å². The molecule has 1 N–H and O–H groups in total. The van der Waals surface area contributed by atoms with Crippen LogP contribution in [0.1, 0.15) is 37.7 Å². The third-order valence-corrected chi connectivity index (χ3v) is 6.95. The van der Waals surface area contributed by atoms with Crippen molar-refractivity contribution in [1.82, 2.24) is 9.80 Å². The van der Waals surface area contributed by atoms with Gasteiger partial charge in [-0.2, -0.15) is 0 Å². The van der Waals surface area contributed by atoms with Gasteiger partial charge < -0.3 is 10.0 Å². The van der Waals surface area contributed by atoms with Crippen LogP contribution in [0, 0.1) is 28.9 Å². The molecule has 0 bridgehead atoms. The zero-order valence-corrected chi connectivity index (χ0v) is 15.9. The summed E-state index contributed by atoms with van der Waals surface area (Å²) in [6.45, 7) is 2.37. The molecule has 1 atom stereocenters. The van der Waals surface area contributed by atoms with Crippen molar-refractivity contribution >= 4 is 11.9 Å². The first-order valence-electron chi connectivity index (χ1n) is 10.1. The second-order valence-electron chi connectivity index (χ2n) is 8.61. The summed E-state index contributed by atoms with van der Waals surface area (Å²) in [5.74, 6) is -2.21. The predicted octanol–water partition coefficient (Wildman–Crippen LogP) is 2.89. The first-order chi connectivity index (χ1) is 13.4. The molecule has 1 aromatic rings. The topological polar surface area (TPSA) is 60.9 Å². The number of carbonyl (C=O) groups excluding carboxylic acids is 1. The van der Waals surface area contributed by atoms with Gasteiger partial charge in [-0.3, -0.25) is 14.5 Å². The standard InChI is InChI=1S/C21H26F2N2O3/c22-16-5-4-15(18(23)10-16)11-24-12-17(20(27)28)21(13-24)6-8-25(9-7-21)19(26)14-2-1-3-14/h4-5,10,14,17H,1-3,6-9,11-13H2,(H,27,28). The van der Waals surface area contributed by atoms with Crippen molar-refractivity contribution in [3.05, 3.63) is 35.4 Å². The van der Waals surface area contributed by atoms with E-state index in [2.05, 4.69) is 0 Å². The number of benzene rings is 1. The largest absolute Gasteiger partial charge is 0.481 e. The first-order valence-corrected chi connectivity index (χ1v) is 10.1. The summed E-state index contributed by atoms with van der Waals surface area (Å²) in [7, 11) is 0. The molecule has 1 spiro atoms. The van der Waals surface area contributed by atoms with Crippen LogP contribution in [0.5, 0.6) is 0 Å². The Morgan fingerprint density at radius 3 is 2.46 bits per heavy atom. The molecule has 0 radical (unpaired) electrons. The molecule has 7 heteroatoms. The van der Waals surface area contributed by atoms with Crippen LogP contribution in [0.15, 0.2) is 18.2 Å². The maximum atomic E-state index is 14.0. The van der Waals surface area contributed by atoms with Crippen LogP contribution in [-0.2, 0) is 16.1 Å². The summed E-state index contributed by atoms with van der Waals surface area (Å²) in [6, 6.07) is 3.51. The monoisotopic (exact) mass is 392 g/mol. The quantitative estimate of drug-likeness (QED) is 0.856. The Morgan fingerprint density at radius 1 is 1.18 bits per heavy atom. The Morgan fingerprint density at radius 2 is 1.89 bits per heavy atom. The van der Waals surface area contributed by atoms with E-state index in [-0.39, 0.29) is 18.4 Å². The lowest BCUT2D eigenvalue weighted by atomic mass is 9.70. The zero-order valence-electron chi connectivity index (χ0n) is 15.9. The number of carboxylic acids is 1. The minimum absolute atomic E-state index is 0.158. The summed E-state index contributed by atoms with van der Waals surface area (Å²) in [5, 5.41) is 9.79. The Hall–Kier alpha value is -2.02. The highest BCUT2D eigenvalue weighted by Gasteiger charge is 2.52. The molecule has 28 heavy (non-hydrogen) atoms. The first kappa shape index (κ1) is 19.3. The molecule has 2 aliphatic heterocycles. The number of rotatable bonds is 4. The summed E-state index contributed by atoms with van der Waals surface area (Å²) >= 11 is 0. The van der Waals surface area contributed by atoms with Crippen LogP contribution in [0.3, 0.4) is 0 Å². The van der Waals surface area contributed by atoms with Crippen LogP contribution in [0.2, 0.25) is 0 Å². The lowest BCUT2D eigenvalue weighted by molar-refractivity contribution is -0.147. The van der Waals surface area contributed by atoms with Crippen LogP contribution in [0.25, 0.3) is 0 Å². The molecule has 4 rings (SSSR count). The third kappa shape index (κ3) is 3.52. The van der Waals surface area contributed by atoms with Crippen molar-refractivity contribution in [3.63, 3.8) is 0 Å². The zero-order chi connectivity index (χ0) is 19.9. The lowest BCUT2D eigenvalue weighted by Crippen LogP contribution is -2.50. The van der Waals surface area contributed by atoms with Crippen LogP contribution >= 0.6 is 0 Å². The number of piperidine rings is 1. The van der Waals surface area contributed by atoms with E-state index in [1.54, 1.807) is 0 Å². The summed E-state index contributed by atoms with van der Waals surface area (Å²) in [6.07, 6.45) is 4.37. The number of carboxylic acid groups (broad SMARTS) is 1. The van der Waals surface area contributed by atoms with E-state index in [1.165, 1.54) is 12.1 Å². The second-order valence-corrected chi connectivity index (χ2v) is 8.61. The molecule has 1 aromatic carbocycles. The summed E-state index contributed by atoms with van der Waals surface area (Å²) in [4.78, 5) is 28.3. The number of carbonyl (C=O) groups is 2. The molecule has 5 nitrogen and oxygen atoms in total. The van der Waals surface area contributed by atoms with Crippen molar-refractivity contribution < 1.29 is 23.5 Å². The van der Waals surface area contributed by atoms with Gasteiger partial charge in [0.25, 0.3) is 0 Å². The van der Waals surface area contributed by atoms with E-state index in [1.807, 2.05) is 9.80 Å². The van der Waals surface area contributed by atoms with E-state index < -0.39 is 28.9 Å². The molecule has 3 fully saturated rings. The molecule has 1 aliphatic carbocycles. The average molecular weight is 392 g/mol. The van der Waals surface area contributed by atoms with Crippen molar-refractivity contribution in [2.24, 2.45) is 17.3 Å². The van der Waals surface area contributed by atoms with Gasteiger partial charge in [-0.05, 0) is 31.7 Å². The van der Waals surface area contributed by atoms with E-state index >= 15 is 0 Å². The highest BCUT2D eigenvalue weighted by molar-refractivity contribution is 5.79. The van der Waals surface area contributed by atoms with Gasteiger partial charge in [0.05, 0.1) is 5.92 Å². The number of likely N-dealkylation sites (tertiary alicyclic amines) is 2. The van der Waals surface area contributed by atoms with E-state index in [9.17, 15) is 23.5 Å². The van der Waals surface area contributed by atoms with Crippen LogP contribution < -0.4 is 0 Å². The Bertz CT molecular complexity index is 773. The minimum atomic E-state index is -0.833. The molecule has 1 saturated carbocycles. The number of aliphatic carboxylic acids is 1. The number of hydrogen-bond donors (Lipinski definition) is 1. The van der Waals surface area contributed by atoms with Gasteiger partial charge in [0, 0.05) is 55.7 Å². The van der Waals surface area contributed by atoms with Gasteiger partial charge in [0.1, 0.15) is 11.6 Å². The van der Waals surface area contributed by atoms with Gasteiger partial charge >= 0.3 is 5.97 Å². The van der Waals surface area contributed by atoms with E-state index in [0.29, 0.717) is 44.6 Å². The Kier molecular flexibility index (Phi) is 5.12. The van der Waals surface area contributed by atoms with Gasteiger partial charge in [0.2, 0.25) is 5.91 Å². The average Bonchev–Trinajstić information content (AvgIpc) is 2.94. The molecule has 1 amide bonds. The minimum Gasteiger partial charge on any atom is -0.481 e. The molecular weight excluding hydrogens is 366 g/mol. The molecule has 2 heterocycles. The number of halogens is 2. The smallest absolute Gasteiger partial charge is 0.308 e. The molecule has 152 valence electrons. The van der Waals surface area contributed by atoms with Gasteiger partial charge in [0.15, 0.2) is 0 Å². The molecule has 3 aliphatic rings. The van der Waals surface area contributed by atoms with Crippen LogP contribution in [-0.4, -0.2) is 53.0 Å². The van der Waals surface area contributed by atoms with Crippen molar-refractivity contribution in [1.29, 1.82) is 0 Å². The fourth-order valence-electron chi connectivity index (χ4n) is 5.02. The highest BCUT2D eigenvalue weighted by Crippen LogP contribution is 2.46. The van der Waals surface area contributed by atoms with E-state index in [4.69, 9.17) is 0 Å². The number of amides is 1. The Labute approximate surface area is 163 Å². The van der Waals surface area contributed by atoms with Gasteiger partial charge in [-0.1, -0.05) is 12.5 Å². The second kappa shape index (κ2) is 7.43. The van der Waals surface area contributed by atoms with Crippen molar-refractivity contribution in [2.45, 2.75) is 38.6 Å². The third-order valence-electron chi connectivity index (χ3n) is 6.95. The van der Waals surface area contributed by atoms with Gasteiger partial charge in [-0.15, -0.1) is 0 Å².